The van der Waals surface area contributed by atoms with Crippen LogP contribution in [0.4, 0.5) is 0 Å². The van der Waals surface area contributed by atoms with Crippen molar-refractivity contribution in [3.63, 3.8) is 0 Å². The lowest BCUT2D eigenvalue weighted by molar-refractivity contribution is -0.135. The van der Waals surface area contributed by atoms with Crippen LogP contribution in [0.1, 0.15) is 70.0 Å². The fourth-order valence-corrected chi connectivity index (χ4v) is 3.90. The zero-order valence-corrected chi connectivity index (χ0v) is 14.3. The highest BCUT2D eigenvalue weighted by atomic mass is 16.5. The summed E-state index contributed by atoms with van der Waals surface area (Å²) in [6.07, 6.45) is 6.86. The molecule has 0 aromatic carbocycles. The second kappa shape index (κ2) is 7.43. The van der Waals surface area contributed by atoms with Crippen LogP contribution >= 0.6 is 0 Å². The summed E-state index contributed by atoms with van der Waals surface area (Å²) in [7, 11) is 0. The maximum absolute atomic E-state index is 12.6. The van der Waals surface area contributed by atoms with Crippen molar-refractivity contribution < 1.29 is 9.32 Å². The molecule has 1 aliphatic carbocycles. The summed E-state index contributed by atoms with van der Waals surface area (Å²) in [5.74, 6) is 2.23. The largest absolute Gasteiger partial charge is 0.342 e. The second-order valence-corrected chi connectivity index (χ2v) is 6.67. The van der Waals surface area contributed by atoms with Crippen molar-refractivity contribution in [3.05, 3.63) is 11.7 Å². The predicted molar refractivity (Wildman–Crippen MR) is 86.9 cm³/mol. The molecule has 2 aliphatic rings. The van der Waals surface area contributed by atoms with E-state index < -0.39 is 0 Å². The van der Waals surface area contributed by atoms with E-state index in [0.717, 1.165) is 38.3 Å². The molecule has 23 heavy (non-hydrogen) atoms. The molecule has 1 aromatic rings. The van der Waals surface area contributed by atoms with Crippen LogP contribution in [-0.2, 0) is 11.3 Å². The maximum Gasteiger partial charge on any atom is 0.240 e. The minimum absolute atomic E-state index is 0.0308. The average Bonchev–Trinajstić information content (AvgIpc) is 3.30. The fourth-order valence-electron chi connectivity index (χ4n) is 3.90. The van der Waals surface area contributed by atoms with Gasteiger partial charge in [0.05, 0.1) is 12.6 Å². The maximum atomic E-state index is 12.6. The molecule has 6 heteroatoms. The molecule has 0 radical (unpaired) electrons. The third-order valence-electron chi connectivity index (χ3n) is 5.27. The molecule has 1 saturated heterocycles. The first-order valence-electron chi connectivity index (χ1n) is 9.08. The molecule has 1 aliphatic heterocycles. The summed E-state index contributed by atoms with van der Waals surface area (Å²) in [6.45, 7) is 7.13. The summed E-state index contributed by atoms with van der Waals surface area (Å²) < 4.78 is 5.45. The van der Waals surface area contributed by atoms with E-state index in [4.69, 9.17) is 4.52 Å². The molecule has 3 rings (SSSR count). The summed E-state index contributed by atoms with van der Waals surface area (Å²) in [4.78, 5) is 21.3. The molecule has 2 heterocycles. The molecule has 2 fully saturated rings. The van der Waals surface area contributed by atoms with Crippen LogP contribution in [0.5, 0.6) is 0 Å². The average molecular weight is 320 g/mol. The van der Waals surface area contributed by atoms with Gasteiger partial charge in [-0.05, 0) is 46.1 Å². The smallest absolute Gasteiger partial charge is 0.240 e. The predicted octanol–water partition coefficient (Wildman–Crippen LogP) is 2.56. The molecule has 128 valence electrons. The molecule has 6 nitrogen and oxygen atoms in total. The Kier molecular flexibility index (Phi) is 5.30. The molecule has 1 amide bonds. The topological polar surface area (TPSA) is 62.5 Å². The van der Waals surface area contributed by atoms with Crippen LogP contribution in [0.25, 0.3) is 0 Å². The lowest BCUT2D eigenvalue weighted by atomic mass is 10.1. The third kappa shape index (κ3) is 3.57. The number of hydrogen-bond acceptors (Lipinski definition) is 5. The second-order valence-electron chi connectivity index (χ2n) is 6.67. The first-order valence-corrected chi connectivity index (χ1v) is 9.08. The van der Waals surface area contributed by atoms with E-state index in [0.29, 0.717) is 18.4 Å². The quantitative estimate of drug-likeness (QED) is 0.806. The van der Waals surface area contributed by atoms with E-state index in [-0.39, 0.29) is 11.9 Å². The van der Waals surface area contributed by atoms with Crippen molar-refractivity contribution >= 4 is 5.91 Å². The first kappa shape index (κ1) is 16.4. The number of aromatic nitrogens is 2. The number of nitrogens with zero attached hydrogens (tertiary/aromatic N) is 4. The van der Waals surface area contributed by atoms with Gasteiger partial charge in [0.2, 0.25) is 11.8 Å². The van der Waals surface area contributed by atoms with E-state index in [1.807, 2.05) is 18.7 Å². The van der Waals surface area contributed by atoms with Gasteiger partial charge in [0, 0.05) is 19.0 Å². The van der Waals surface area contributed by atoms with Gasteiger partial charge >= 0.3 is 0 Å². The Morgan fingerprint density at radius 3 is 2.65 bits per heavy atom. The highest BCUT2D eigenvalue weighted by Gasteiger charge is 2.34. The number of rotatable bonds is 6. The lowest BCUT2D eigenvalue weighted by Crippen LogP contribution is -2.45. The van der Waals surface area contributed by atoms with Gasteiger partial charge in [0.25, 0.3) is 0 Å². The third-order valence-corrected chi connectivity index (χ3v) is 5.27. The van der Waals surface area contributed by atoms with Crippen LogP contribution in [0.3, 0.4) is 0 Å². The van der Waals surface area contributed by atoms with Gasteiger partial charge in [-0.3, -0.25) is 9.69 Å². The van der Waals surface area contributed by atoms with E-state index in [9.17, 15) is 4.79 Å². The fraction of sp³-hybridized carbons (Fsp3) is 0.824. The van der Waals surface area contributed by atoms with Crippen LogP contribution in [0, 0.1) is 0 Å². The van der Waals surface area contributed by atoms with Gasteiger partial charge < -0.3 is 9.42 Å². The molecular weight excluding hydrogens is 292 g/mol. The monoisotopic (exact) mass is 320 g/mol. The number of likely N-dealkylation sites (tertiary alicyclic amines) is 1. The zero-order chi connectivity index (χ0) is 16.2. The molecule has 1 atom stereocenters. The Morgan fingerprint density at radius 2 is 1.96 bits per heavy atom. The van der Waals surface area contributed by atoms with Gasteiger partial charge in [0.15, 0.2) is 5.82 Å². The van der Waals surface area contributed by atoms with Crippen molar-refractivity contribution in [2.75, 3.05) is 19.6 Å². The van der Waals surface area contributed by atoms with Gasteiger partial charge in [-0.25, -0.2) is 0 Å². The Hall–Kier alpha value is -1.43. The molecular formula is C17H28N4O2. The summed E-state index contributed by atoms with van der Waals surface area (Å²) in [5, 5.41) is 4.17. The van der Waals surface area contributed by atoms with Crippen LogP contribution in [0.2, 0.25) is 0 Å². The van der Waals surface area contributed by atoms with Crippen molar-refractivity contribution in [2.45, 2.75) is 70.9 Å². The van der Waals surface area contributed by atoms with Crippen molar-refractivity contribution in [1.29, 1.82) is 0 Å². The van der Waals surface area contributed by atoms with Gasteiger partial charge in [0.1, 0.15) is 0 Å². The van der Waals surface area contributed by atoms with Crippen molar-refractivity contribution in [2.24, 2.45) is 0 Å². The van der Waals surface area contributed by atoms with Crippen molar-refractivity contribution in [3.8, 4) is 0 Å². The number of carbonyl (C=O) groups is 1. The summed E-state index contributed by atoms with van der Waals surface area (Å²) in [6, 6.07) is -0.0308. The number of likely N-dealkylation sites (N-methyl/N-ethyl adjacent to an activating group) is 1. The van der Waals surface area contributed by atoms with E-state index in [1.54, 1.807) is 0 Å². The van der Waals surface area contributed by atoms with Gasteiger partial charge in [-0.1, -0.05) is 18.0 Å². The Bertz CT molecular complexity index is 520. The van der Waals surface area contributed by atoms with E-state index >= 15 is 0 Å². The molecule has 0 bridgehead atoms. The van der Waals surface area contributed by atoms with Crippen LogP contribution in [0.15, 0.2) is 4.52 Å². The summed E-state index contributed by atoms with van der Waals surface area (Å²) in [5.41, 5.74) is 0. The van der Waals surface area contributed by atoms with Gasteiger partial charge in [-0.2, -0.15) is 4.98 Å². The summed E-state index contributed by atoms with van der Waals surface area (Å²) >= 11 is 0. The molecule has 0 N–H and O–H groups in total. The van der Waals surface area contributed by atoms with Gasteiger partial charge in [-0.15, -0.1) is 0 Å². The molecule has 1 aromatic heterocycles. The number of carbonyl (C=O) groups excluding carboxylic acids is 1. The van der Waals surface area contributed by atoms with Crippen LogP contribution < -0.4 is 0 Å². The van der Waals surface area contributed by atoms with Crippen molar-refractivity contribution in [1.82, 2.24) is 19.9 Å². The first-order chi connectivity index (χ1) is 11.2. The normalized spacial score (nSPS) is 22.8. The van der Waals surface area contributed by atoms with E-state index in [1.165, 1.54) is 25.7 Å². The highest BCUT2D eigenvalue weighted by Crippen LogP contribution is 2.32. The number of hydrogen-bond donors (Lipinski definition) is 0. The zero-order valence-electron chi connectivity index (χ0n) is 14.3. The van der Waals surface area contributed by atoms with Crippen LogP contribution in [-0.4, -0.2) is 51.5 Å². The standard InChI is InChI=1S/C17H28N4O2/c1-3-20(4-2)17(22)14-10-7-11-21(14)12-15-18-16(19-23-15)13-8-5-6-9-13/h13-14H,3-12H2,1-2H3. The number of amides is 1. The Morgan fingerprint density at radius 1 is 1.22 bits per heavy atom. The molecule has 0 spiro atoms. The Labute approximate surface area is 138 Å². The molecule has 1 saturated carbocycles. The Balaban J connectivity index is 1.63. The highest BCUT2D eigenvalue weighted by molar-refractivity contribution is 5.82. The lowest BCUT2D eigenvalue weighted by Gasteiger charge is -2.28. The van der Waals surface area contributed by atoms with E-state index in [2.05, 4.69) is 15.0 Å². The SMILES string of the molecule is CCN(CC)C(=O)C1CCCN1Cc1nc(C2CCCC2)no1. The minimum Gasteiger partial charge on any atom is -0.342 e. The molecule has 1 unspecified atom stereocenters. The minimum atomic E-state index is -0.0308.